The van der Waals surface area contributed by atoms with Gasteiger partial charge in [-0.05, 0) is 30.7 Å². The molecule has 0 spiro atoms. The van der Waals surface area contributed by atoms with Gasteiger partial charge in [-0.1, -0.05) is 18.2 Å². The second-order valence-electron chi connectivity index (χ2n) is 5.77. The minimum Gasteiger partial charge on any atom is -0.497 e. The molecule has 0 atom stereocenters. The van der Waals surface area contributed by atoms with Crippen molar-refractivity contribution in [3.8, 4) is 23.0 Å². The molecule has 0 unspecified atom stereocenters. The van der Waals surface area contributed by atoms with Crippen LogP contribution in [0, 0.1) is 0 Å². The van der Waals surface area contributed by atoms with Crippen LogP contribution in [0.2, 0.25) is 0 Å². The number of ketones is 1. The summed E-state index contributed by atoms with van der Waals surface area (Å²) < 4.78 is 26.1. The third-order valence-corrected chi connectivity index (χ3v) is 3.94. The van der Waals surface area contributed by atoms with E-state index >= 15 is 0 Å². The normalized spacial score (nSPS) is 10.5. The van der Waals surface area contributed by atoms with Gasteiger partial charge in [-0.3, -0.25) is 4.79 Å². The average Bonchev–Trinajstić information content (AvgIpc) is 2.75. The predicted octanol–water partition coefficient (Wildman–Crippen LogP) is 3.55. The Hall–Kier alpha value is -3.48. The van der Waals surface area contributed by atoms with E-state index in [4.69, 9.17) is 23.7 Å². The molecular formula is C22H24O7. The fourth-order valence-corrected chi connectivity index (χ4v) is 2.51. The number of hydrogen-bond donors (Lipinski definition) is 0. The van der Waals surface area contributed by atoms with Crippen LogP contribution >= 0.6 is 0 Å². The maximum Gasteiger partial charge on any atom is 0.344 e. The highest BCUT2D eigenvalue weighted by Crippen LogP contribution is 2.35. The Morgan fingerprint density at radius 1 is 0.897 bits per heavy atom. The van der Waals surface area contributed by atoms with Crippen molar-refractivity contribution in [2.75, 3.05) is 34.5 Å². The molecule has 0 saturated carbocycles. The van der Waals surface area contributed by atoms with Crippen molar-refractivity contribution in [1.82, 2.24) is 0 Å². The number of hydrogen-bond acceptors (Lipinski definition) is 7. The third kappa shape index (κ3) is 6.00. The van der Waals surface area contributed by atoms with E-state index in [2.05, 4.69) is 0 Å². The molecule has 7 nitrogen and oxygen atoms in total. The monoisotopic (exact) mass is 400 g/mol. The maximum absolute atomic E-state index is 12.9. The summed E-state index contributed by atoms with van der Waals surface area (Å²) in [6.07, 6.45) is 3.07. The lowest BCUT2D eigenvalue weighted by Crippen LogP contribution is -2.16. The summed E-state index contributed by atoms with van der Waals surface area (Å²) in [5.41, 5.74) is 1.00. The van der Waals surface area contributed by atoms with E-state index in [0.717, 1.165) is 11.3 Å². The summed E-state index contributed by atoms with van der Waals surface area (Å²) in [6, 6.07) is 10.3. The first kappa shape index (κ1) is 21.8. The molecule has 154 valence electrons. The van der Waals surface area contributed by atoms with Gasteiger partial charge < -0.3 is 23.7 Å². The Kier molecular flexibility index (Phi) is 8.09. The van der Waals surface area contributed by atoms with E-state index < -0.39 is 5.97 Å². The molecule has 0 saturated heterocycles. The first-order chi connectivity index (χ1) is 14.0. The Bertz CT molecular complexity index is 869. The molecule has 7 heteroatoms. The third-order valence-electron chi connectivity index (χ3n) is 3.94. The second-order valence-corrected chi connectivity index (χ2v) is 5.77. The van der Waals surface area contributed by atoms with E-state index in [1.807, 2.05) is 12.1 Å². The number of rotatable bonds is 10. The standard InChI is InChI=1S/C22H24O7/c1-5-28-21(24)14-29-20-13-17(26-3)12-19(27-4)22(20)18(23)11-8-15-6-9-16(25-2)10-7-15/h6-13H,5,14H2,1-4H3/b11-8+. The maximum atomic E-state index is 12.9. The zero-order valence-electron chi connectivity index (χ0n) is 16.9. The first-order valence-corrected chi connectivity index (χ1v) is 8.93. The van der Waals surface area contributed by atoms with Gasteiger partial charge in [-0.2, -0.15) is 0 Å². The van der Waals surface area contributed by atoms with Crippen LogP contribution in [-0.4, -0.2) is 46.3 Å². The van der Waals surface area contributed by atoms with Gasteiger partial charge in [0.15, 0.2) is 12.4 Å². The minimum absolute atomic E-state index is 0.165. The number of allylic oxidation sites excluding steroid dienone is 1. The van der Waals surface area contributed by atoms with Crippen LogP contribution in [0.4, 0.5) is 0 Å². The number of ether oxygens (including phenoxy) is 5. The van der Waals surface area contributed by atoms with Gasteiger partial charge in [0.25, 0.3) is 0 Å². The molecular weight excluding hydrogens is 376 g/mol. The smallest absolute Gasteiger partial charge is 0.344 e. The molecule has 0 aliphatic carbocycles. The van der Waals surface area contributed by atoms with Crippen LogP contribution in [0.1, 0.15) is 22.8 Å². The lowest BCUT2D eigenvalue weighted by atomic mass is 10.1. The summed E-state index contributed by atoms with van der Waals surface area (Å²) in [5, 5.41) is 0. The highest BCUT2D eigenvalue weighted by molar-refractivity contribution is 6.10. The number of carbonyl (C=O) groups excluding carboxylic acids is 2. The van der Waals surface area contributed by atoms with E-state index in [0.29, 0.717) is 5.75 Å². The summed E-state index contributed by atoms with van der Waals surface area (Å²) in [7, 11) is 4.50. The average molecular weight is 400 g/mol. The van der Waals surface area contributed by atoms with Crippen molar-refractivity contribution < 1.29 is 33.3 Å². The SMILES string of the molecule is CCOC(=O)COc1cc(OC)cc(OC)c1C(=O)/C=C/c1ccc(OC)cc1. The molecule has 0 aliphatic heterocycles. The van der Waals surface area contributed by atoms with Crippen molar-refractivity contribution in [3.63, 3.8) is 0 Å². The van der Waals surface area contributed by atoms with Gasteiger partial charge in [0.2, 0.25) is 0 Å². The van der Waals surface area contributed by atoms with Crippen LogP contribution in [0.25, 0.3) is 6.08 Å². The van der Waals surface area contributed by atoms with E-state index in [1.54, 1.807) is 38.3 Å². The minimum atomic E-state index is -0.540. The van der Waals surface area contributed by atoms with Crippen molar-refractivity contribution in [1.29, 1.82) is 0 Å². The Balaban J connectivity index is 2.32. The van der Waals surface area contributed by atoms with Crippen LogP contribution in [0.5, 0.6) is 23.0 Å². The predicted molar refractivity (Wildman–Crippen MR) is 108 cm³/mol. The lowest BCUT2D eigenvalue weighted by Gasteiger charge is -2.14. The number of methoxy groups -OCH3 is 3. The molecule has 29 heavy (non-hydrogen) atoms. The van der Waals surface area contributed by atoms with E-state index in [-0.39, 0.29) is 36.1 Å². The molecule has 0 N–H and O–H groups in total. The fraction of sp³-hybridized carbons (Fsp3) is 0.273. The second kappa shape index (κ2) is 10.8. The van der Waals surface area contributed by atoms with Crippen molar-refractivity contribution in [2.24, 2.45) is 0 Å². The number of benzene rings is 2. The van der Waals surface area contributed by atoms with Gasteiger partial charge in [0.1, 0.15) is 28.6 Å². The van der Waals surface area contributed by atoms with E-state index in [1.165, 1.54) is 26.4 Å². The quantitative estimate of drug-likeness (QED) is 0.343. The Morgan fingerprint density at radius 2 is 1.55 bits per heavy atom. The number of carbonyl (C=O) groups is 2. The number of esters is 1. The first-order valence-electron chi connectivity index (χ1n) is 8.93. The molecule has 2 aromatic carbocycles. The molecule has 2 aromatic rings. The van der Waals surface area contributed by atoms with Gasteiger partial charge in [0.05, 0.1) is 27.9 Å². The van der Waals surface area contributed by atoms with Gasteiger partial charge in [0, 0.05) is 12.1 Å². The summed E-state index contributed by atoms with van der Waals surface area (Å²) in [4.78, 5) is 24.5. The molecule has 0 aliphatic rings. The summed E-state index contributed by atoms with van der Waals surface area (Å²) in [5.74, 6) is 0.697. The molecule has 2 rings (SSSR count). The molecule has 0 fully saturated rings. The zero-order chi connectivity index (χ0) is 21.2. The van der Waals surface area contributed by atoms with Gasteiger partial charge in [-0.25, -0.2) is 4.79 Å². The fourth-order valence-electron chi connectivity index (χ4n) is 2.51. The molecule has 0 amide bonds. The molecule has 0 bridgehead atoms. The largest absolute Gasteiger partial charge is 0.497 e. The Morgan fingerprint density at radius 3 is 2.14 bits per heavy atom. The molecule has 0 radical (unpaired) electrons. The van der Waals surface area contributed by atoms with Crippen molar-refractivity contribution in [2.45, 2.75) is 6.92 Å². The van der Waals surface area contributed by atoms with Crippen LogP contribution < -0.4 is 18.9 Å². The van der Waals surface area contributed by atoms with E-state index in [9.17, 15) is 9.59 Å². The van der Waals surface area contributed by atoms with Crippen LogP contribution in [-0.2, 0) is 9.53 Å². The van der Waals surface area contributed by atoms with Crippen molar-refractivity contribution in [3.05, 3.63) is 53.6 Å². The highest BCUT2D eigenvalue weighted by atomic mass is 16.6. The van der Waals surface area contributed by atoms with Gasteiger partial charge >= 0.3 is 5.97 Å². The summed E-state index contributed by atoms with van der Waals surface area (Å²) >= 11 is 0. The van der Waals surface area contributed by atoms with Crippen LogP contribution in [0.15, 0.2) is 42.5 Å². The molecule has 0 heterocycles. The van der Waals surface area contributed by atoms with Crippen LogP contribution in [0.3, 0.4) is 0 Å². The molecule has 0 aromatic heterocycles. The lowest BCUT2D eigenvalue weighted by molar-refractivity contribution is -0.145. The summed E-state index contributed by atoms with van der Waals surface area (Å²) in [6.45, 7) is 1.60. The topological polar surface area (TPSA) is 80.3 Å². The van der Waals surface area contributed by atoms with Gasteiger partial charge in [-0.15, -0.1) is 0 Å². The highest BCUT2D eigenvalue weighted by Gasteiger charge is 2.20. The zero-order valence-corrected chi connectivity index (χ0v) is 16.9. The van der Waals surface area contributed by atoms with Crippen molar-refractivity contribution >= 4 is 17.8 Å². The Labute approximate surface area is 169 Å².